The Morgan fingerprint density at radius 3 is 3.31 bits per heavy atom. The van der Waals surface area contributed by atoms with Gasteiger partial charge in [-0.15, -0.1) is 0 Å². The lowest BCUT2D eigenvalue weighted by molar-refractivity contribution is -0.119. The highest BCUT2D eigenvalue weighted by Gasteiger charge is 2.21. The third kappa shape index (κ3) is 1.72. The first-order chi connectivity index (χ1) is 6.40. The molecular formula is C9H12N2O2. The molecule has 0 unspecified atom stereocenters. The number of amides is 1. The fourth-order valence-electron chi connectivity index (χ4n) is 1.55. The molecule has 1 amide bonds. The molecule has 2 heterocycles. The van der Waals surface area contributed by atoms with Gasteiger partial charge in [0.1, 0.15) is 5.76 Å². The summed E-state index contributed by atoms with van der Waals surface area (Å²) in [6, 6.07) is 3.93. The maximum absolute atomic E-state index is 10.5. The maximum atomic E-state index is 10.5. The lowest BCUT2D eigenvalue weighted by Crippen LogP contribution is -2.44. The Balaban J connectivity index is 2.04. The molecule has 1 N–H and O–H groups in total. The molecule has 70 valence electrons. The van der Waals surface area contributed by atoms with E-state index in [-0.39, 0.29) is 6.04 Å². The van der Waals surface area contributed by atoms with Crippen molar-refractivity contribution in [2.24, 2.45) is 0 Å². The summed E-state index contributed by atoms with van der Waals surface area (Å²) in [6.07, 6.45) is 2.54. The van der Waals surface area contributed by atoms with Gasteiger partial charge in [0.15, 0.2) is 0 Å². The van der Waals surface area contributed by atoms with Crippen LogP contribution in [0.2, 0.25) is 0 Å². The van der Waals surface area contributed by atoms with Crippen molar-refractivity contribution in [1.29, 1.82) is 0 Å². The van der Waals surface area contributed by atoms with Gasteiger partial charge in [-0.2, -0.15) is 0 Å². The number of rotatable bonds is 2. The van der Waals surface area contributed by atoms with Gasteiger partial charge in [0.2, 0.25) is 6.41 Å². The van der Waals surface area contributed by atoms with E-state index in [1.165, 1.54) is 0 Å². The number of furan rings is 1. The van der Waals surface area contributed by atoms with Gasteiger partial charge in [-0.25, -0.2) is 0 Å². The summed E-state index contributed by atoms with van der Waals surface area (Å²) in [5, 5.41) is 3.29. The van der Waals surface area contributed by atoms with Crippen LogP contribution in [0.4, 0.5) is 0 Å². The van der Waals surface area contributed by atoms with Crippen molar-refractivity contribution < 1.29 is 9.21 Å². The van der Waals surface area contributed by atoms with Crippen LogP contribution >= 0.6 is 0 Å². The van der Waals surface area contributed by atoms with Crippen LogP contribution in [0, 0.1) is 0 Å². The molecule has 1 aromatic rings. The second-order valence-corrected chi connectivity index (χ2v) is 3.12. The molecule has 1 aliphatic heterocycles. The number of carbonyl (C=O) groups excluding carboxylic acids is 1. The van der Waals surface area contributed by atoms with Crippen LogP contribution in [-0.4, -0.2) is 30.9 Å². The molecule has 0 saturated carbocycles. The highest BCUT2D eigenvalue weighted by molar-refractivity contribution is 5.47. The van der Waals surface area contributed by atoms with E-state index < -0.39 is 0 Å². The third-order valence-electron chi connectivity index (χ3n) is 2.24. The Kier molecular flexibility index (Phi) is 2.31. The lowest BCUT2D eigenvalue weighted by Gasteiger charge is -2.29. The van der Waals surface area contributed by atoms with E-state index in [1.54, 1.807) is 11.2 Å². The molecule has 0 aromatic carbocycles. The summed E-state index contributed by atoms with van der Waals surface area (Å²) in [4.78, 5) is 12.3. The molecule has 0 spiro atoms. The van der Waals surface area contributed by atoms with E-state index in [0.717, 1.165) is 25.3 Å². The van der Waals surface area contributed by atoms with Crippen LogP contribution in [-0.2, 0) is 4.79 Å². The second kappa shape index (κ2) is 3.62. The average molecular weight is 180 g/mol. The molecule has 1 saturated heterocycles. The molecule has 0 aliphatic carbocycles. The molecule has 13 heavy (non-hydrogen) atoms. The van der Waals surface area contributed by atoms with Gasteiger partial charge in [0.05, 0.1) is 12.3 Å². The van der Waals surface area contributed by atoms with Crippen LogP contribution < -0.4 is 5.32 Å². The van der Waals surface area contributed by atoms with Gasteiger partial charge >= 0.3 is 0 Å². The van der Waals surface area contributed by atoms with Gasteiger partial charge in [-0.05, 0) is 12.1 Å². The third-order valence-corrected chi connectivity index (χ3v) is 2.24. The minimum absolute atomic E-state index is 0.147. The summed E-state index contributed by atoms with van der Waals surface area (Å²) < 4.78 is 5.26. The molecule has 4 heteroatoms. The van der Waals surface area contributed by atoms with Crippen molar-refractivity contribution in [2.75, 3.05) is 19.6 Å². The van der Waals surface area contributed by atoms with E-state index in [2.05, 4.69) is 5.32 Å². The van der Waals surface area contributed by atoms with Crippen molar-refractivity contribution in [1.82, 2.24) is 10.2 Å². The quantitative estimate of drug-likeness (QED) is 0.669. The van der Waals surface area contributed by atoms with Gasteiger partial charge in [0, 0.05) is 19.6 Å². The van der Waals surface area contributed by atoms with Gasteiger partial charge in [-0.3, -0.25) is 4.79 Å². The predicted octanol–water partition coefficient (Wildman–Crippen LogP) is 0.382. The van der Waals surface area contributed by atoms with Crippen molar-refractivity contribution in [3.63, 3.8) is 0 Å². The number of piperazine rings is 1. The number of hydrogen-bond acceptors (Lipinski definition) is 3. The summed E-state index contributed by atoms with van der Waals surface area (Å²) in [5.74, 6) is 0.895. The Hall–Kier alpha value is -1.29. The first-order valence-corrected chi connectivity index (χ1v) is 4.36. The van der Waals surface area contributed by atoms with Crippen LogP contribution in [0.15, 0.2) is 22.8 Å². The summed E-state index contributed by atoms with van der Waals surface area (Å²) in [6.45, 7) is 2.29. The van der Waals surface area contributed by atoms with Crippen molar-refractivity contribution >= 4 is 6.41 Å². The highest BCUT2D eigenvalue weighted by Crippen LogP contribution is 2.16. The van der Waals surface area contributed by atoms with Crippen molar-refractivity contribution in [2.45, 2.75) is 6.04 Å². The van der Waals surface area contributed by atoms with Crippen LogP contribution in [0.1, 0.15) is 11.8 Å². The monoisotopic (exact) mass is 180 g/mol. The molecule has 1 fully saturated rings. The number of carbonyl (C=O) groups is 1. The molecule has 4 nitrogen and oxygen atoms in total. The van der Waals surface area contributed by atoms with Crippen LogP contribution in [0.5, 0.6) is 0 Å². The van der Waals surface area contributed by atoms with Crippen LogP contribution in [0.3, 0.4) is 0 Å². The zero-order valence-corrected chi connectivity index (χ0v) is 7.27. The second-order valence-electron chi connectivity index (χ2n) is 3.12. The molecule has 1 atom stereocenters. The fraction of sp³-hybridized carbons (Fsp3) is 0.444. The zero-order chi connectivity index (χ0) is 9.10. The normalized spacial score (nSPS) is 23.1. The Morgan fingerprint density at radius 2 is 2.62 bits per heavy atom. The molecular weight excluding hydrogens is 168 g/mol. The molecule has 1 aromatic heterocycles. The minimum atomic E-state index is 0.147. The summed E-state index contributed by atoms with van der Waals surface area (Å²) in [7, 11) is 0. The number of hydrogen-bond donors (Lipinski definition) is 1. The Labute approximate surface area is 76.5 Å². The molecule has 0 radical (unpaired) electrons. The van der Waals surface area contributed by atoms with E-state index in [9.17, 15) is 4.79 Å². The first-order valence-electron chi connectivity index (χ1n) is 4.36. The Morgan fingerprint density at radius 1 is 1.69 bits per heavy atom. The highest BCUT2D eigenvalue weighted by atomic mass is 16.3. The van der Waals surface area contributed by atoms with E-state index in [0.29, 0.717) is 6.54 Å². The van der Waals surface area contributed by atoms with Gasteiger partial charge in [0.25, 0.3) is 0 Å². The van der Waals surface area contributed by atoms with Gasteiger partial charge < -0.3 is 14.6 Å². The molecule has 0 bridgehead atoms. The standard InChI is InChI=1S/C9H12N2O2/c12-7-11-4-3-10-8(6-11)9-2-1-5-13-9/h1-2,5,7-8,10H,3-4,6H2/t8-/m0/s1. The topological polar surface area (TPSA) is 45.5 Å². The number of nitrogens with one attached hydrogen (secondary N) is 1. The largest absolute Gasteiger partial charge is 0.468 e. The van der Waals surface area contributed by atoms with E-state index >= 15 is 0 Å². The lowest BCUT2D eigenvalue weighted by atomic mass is 10.2. The molecule has 1 aliphatic rings. The summed E-state index contributed by atoms with van der Waals surface area (Å²) >= 11 is 0. The smallest absolute Gasteiger partial charge is 0.209 e. The SMILES string of the molecule is O=CN1CCN[C@H](c2ccco2)C1. The minimum Gasteiger partial charge on any atom is -0.468 e. The average Bonchev–Trinajstić information content (AvgIpc) is 2.71. The summed E-state index contributed by atoms with van der Waals surface area (Å²) in [5.41, 5.74) is 0. The fourth-order valence-corrected chi connectivity index (χ4v) is 1.55. The maximum Gasteiger partial charge on any atom is 0.209 e. The molecule has 2 rings (SSSR count). The van der Waals surface area contributed by atoms with Crippen LogP contribution in [0.25, 0.3) is 0 Å². The Bertz CT molecular complexity index is 271. The van der Waals surface area contributed by atoms with Gasteiger partial charge in [-0.1, -0.05) is 0 Å². The van der Waals surface area contributed by atoms with Crippen molar-refractivity contribution in [3.05, 3.63) is 24.2 Å². The zero-order valence-electron chi connectivity index (χ0n) is 7.27. The van der Waals surface area contributed by atoms with E-state index in [1.807, 2.05) is 12.1 Å². The van der Waals surface area contributed by atoms with Crippen molar-refractivity contribution in [3.8, 4) is 0 Å². The van der Waals surface area contributed by atoms with E-state index in [4.69, 9.17) is 4.42 Å². The number of nitrogens with zero attached hydrogens (tertiary/aromatic N) is 1. The predicted molar refractivity (Wildman–Crippen MR) is 47.1 cm³/mol. The first kappa shape index (κ1) is 8.31.